The van der Waals surface area contributed by atoms with E-state index in [9.17, 15) is 0 Å². The Morgan fingerprint density at radius 3 is 1.82 bits per heavy atom. The summed E-state index contributed by atoms with van der Waals surface area (Å²) in [7, 11) is 7.13. The van der Waals surface area contributed by atoms with Gasteiger partial charge >= 0.3 is 0 Å². The van der Waals surface area contributed by atoms with E-state index in [1.165, 1.54) is 45.1 Å². The number of hydrogen-bond acceptors (Lipinski definition) is 0. The van der Waals surface area contributed by atoms with Crippen LogP contribution in [0.2, 0.25) is 0 Å². The van der Waals surface area contributed by atoms with Crippen molar-refractivity contribution >= 4 is 0 Å². The van der Waals surface area contributed by atoms with Crippen molar-refractivity contribution in [3.8, 4) is 0 Å². The summed E-state index contributed by atoms with van der Waals surface area (Å²) in [6, 6.07) is 0. The zero-order valence-corrected chi connectivity index (χ0v) is 12.5. The largest absolute Gasteiger partial charge is 0.330 e. The SMILES string of the molecule is CC12CC3CC(C[N+](C)(C)C)(C1)C[C@](C)(C3)C2. The van der Waals surface area contributed by atoms with Crippen LogP contribution in [-0.4, -0.2) is 32.2 Å². The van der Waals surface area contributed by atoms with E-state index in [2.05, 4.69) is 35.0 Å². The van der Waals surface area contributed by atoms with E-state index < -0.39 is 0 Å². The number of hydrogen-bond donors (Lipinski definition) is 0. The Kier molecular flexibility index (Phi) is 2.19. The van der Waals surface area contributed by atoms with Gasteiger partial charge in [-0.15, -0.1) is 0 Å². The highest BCUT2D eigenvalue weighted by Gasteiger charge is 2.61. The molecule has 4 fully saturated rings. The molecule has 4 saturated carbocycles. The van der Waals surface area contributed by atoms with E-state index >= 15 is 0 Å². The molecule has 4 aliphatic carbocycles. The molecule has 0 aromatic heterocycles. The minimum Gasteiger partial charge on any atom is -0.330 e. The topological polar surface area (TPSA) is 0 Å². The summed E-state index contributed by atoms with van der Waals surface area (Å²) < 4.78 is 1.15. The van der Waals surface area contributed by atoms with E-state index in [0.717, 1.165) is 10.4 Å². The Labute approximate surface area is 107 Å². The molecular weight excluding hydrogens is 206 g/mol. The van der Waals surface area contributed by atoms with E-state index in [1.54, 1.807) is 0 Å². The van der Waals surface area contributed by atoms with Crippen LogP contribution in [0.4, 0.5) is 0 Å². The quantitative estimate of drug-likeness (QED) is 0.642. The Morgan fingerprint density at radius 2 is 1.41 bits per heavy atom. The van der Waals surface area contributed by atoms with Crippen LogP contribution in [0.3, 0.4) is 0 Å². The molecule has 0 heterocycles. The van der Waals surface area contributed by atoms with E-state index in [1.807, 2.05) is 0 Å². The van der Waals surface area contributed by atoms with Crippen molar-refractivity contribution in [2.75, 3.05) is 27.7 Å². The first kappa shape index (κ1) is 12.0. The summed E-state index contributed by atoms with van der Waals surface area (Å²) in [5, 5.41) is 0. The van der Waals surface area contributed by atoms with Crippen molar-refractivity contribution in [2.45, 2.75) is 52.4 Å². The Hall–Kier alpha value is -0.0400. The zero-order chi connectivity index (χ0) is 12.5. The number of quaternary nitrogens is 1. The van der Waals surface area contributed by atoms with Crippen LogP contribution in [0.25, 0.3) is 0 Å². The van der Waals surface area contributed by atoms with Crippen molar-refractivity contribution < 1.29 is 4.48 Å². The maximum absolute atomic E-state index is 2.58. The lowest BCUT2D eigenvalue weighted by Crippen LogP contribution is -2.59. The first-order valence-electron chi connectivity index (χ1n) is 7.42. The molecule has 1 nitrogen and oxygen atoms in total. The molecular formula is C16H30N+. The van der Waals surface area contributed by atoms with Gasteiger partial charge in [0, 0.05) is 5.41 Å². The molecule has 4 bridgehead atoms. The highest BCUT2D eigenvalue weighted by atomic mass is 15.3. The molecule has 4 atom stereocenters. The Bertz CT molecular complexity index is 314. The molecule has 0 saturated heterocycles. The minimum atomic E-state index is 0.682. The molecule has 0 N–H and O–H groups in total. The van der Waals surface area contributed by atoms with E-state index in [-0.39, 0.29) is 0 Å². The van der Waals surface area contributed by atoms with Crippen LogP contribution in [0.1, 0.15) is 52.4 Å². The molecule has 98 valence electrons. The fraction of sp³-hybridized carbons (Fsp3) is 1.00. The lowest BCUT2D eigenvalue weighted by Gasteiger charge is -2.65. The minimum absolute atomic E-state index is 0.682. The van der Waals surface area contributed by atoms with Crippen molar-refractivity contribution in [1.82, 2.24) is 0 Å². The standard InChI is InChI=1S/C16H30N/c1-14-6-13-7-15(2,9-14)11-16(8-13,10-14)12-17(3,4)5/h13H,6-12H2,1-5H3/q+1/t13?,14-,15?,16?/m1/s1. The van der Waals surface area contributed by atoms with Gasteiger partial charge in [-0.25, -0.2) is 0 Å². The highest BCUT2D eigenvalue weighted by molar-refractivity contribution is 5.10. The summed E-state index contributed by atoms with van der Waals surface area (Å²) in [6.07, 6.45) is 9.13. The molecule has 3 unspecified atom stereocenters. The first-order valence-corrected chi connectivity index (χ1v) is 7.42. The van der Waals surface area contributed by atoms with Gasteiger partial charge in [0.15, 0.2) is 0 Å². The van der Waals surface area contributed by atoms with Crippen molar-refractivity contribution in [2.24, 2.45) is 22.2 Å². The van der Waals surface area contributed by atoms with Gasteiger partial charge in [0.2, 0.25) is 0 Å². The van der Waals surface area contributed by atoms with Crippen LogP contribution < -0.4 is 0 Å². The first-order chi connectivity index (χ1) is 7.61. The summed E-state index contributed by atoms with van der Waals surface area (Å²) in [4.78, 5) is 0. The predicted octanol–water partition coefficient (Wildman–Crippen LogP) is 3.69. The molecule has 4 rings (SSSR count). The van der Waals surface area contributed by atoms with Gasteiger partial charge in [-0.3, -0.25) is 0 Å². The molecule has 0 aromatic rings. The average Bonchev–Trinajstić information content (AvgIpc) is 1.88. The molecule has 4 aliphatic rings. The predicted molar refractivity (Wildman–Crippen MR) is 72.7 cm³/mol. The van der Waals surface area contributed by atoms with Gasteiger partial charge in [0.05, 0.1) is 27.7 Å². The summed E-state index contributed by atoms with van der Waals surface area (Å²) in [6.45, 7) is 6.56. The van der Waals surface area contributed by atoms with Gasteiger partial charge in [-0.05, 0) is 55.3 Å². The molecule has 17 heavy (non-hydrogen) atoms. The normalized spacial score (nSPS) is 53.1. The van der Waals surface area contributed by atoms with Crippen molar-refractivity contribution in [3.05, 3.63) is 0 Å². The van der Waals surface area contributed by atoms with Crippen molar-refractivity contribution in [1.29, 1.82) is 0 Å². The lowest BCUT2D eigenvalue weighted by atomic mass is 9.40. The van der Waals surface area contributed by atoms with Crippen LogP contribution in [0, 0.1) is 22.2 Å². The van der Waals surface area contributed by atoms with Gasteiger partial charge in [-0.1, -0.05) is 13.8 Å². The molecule has 0 amide bonds. The monoisotopic (exact) mass is 236 g/mol. The summed E-state index contributed by atoms with van der Waals surface area (Å²) >= 11 is 0. The van der Waals surface area contributed by atoms with Gasteiger partial charge in [-0.2, -0.15) is 0 Å². The van der Waals surface area contributed by atoms with Crippen LogP contribution in [0.15, 0.2) is 0 Å². The second-order valence-corrected chi connectivity index (χ2v) is 9.58. The Balaban J connectivity index is 1.92. The third-order valence-electron chi connectivity index (χ3n) is 5.55. The molecule has 1 heteroatoms. The average molecular weight is 236 g/mol. The van der Waals surface area contributed by atoms with Crippen LogP contribution in [0.5, 0.6) is 0 Å². The van der Waals surface area contributed by atoms with Gasteiger partial charge in [0.1, 0.15) is 0 Å². The summed E-state index contributed by atoms with van der Waals surface area (Å²) in [5.74, 6) is 1.05. The molecule has 0 aliphatic heterocycles. The fourth-order valence-electron chi connectivity index (χ4n) is 6.87. The van der Waals surface area contributed by atoms with Crippen molar-refractivity contribution in [3.63, 3.8) is 0 Å². The molecule has 0 spiro atoms. The zero-order valence-electron chi connectivity index (χ0n) is 12.5. The third-order valence-corrected chi connectivity index (χ3v) is 5.55. The summed E-state index contributed by atoms with van der Waals surface area (Å²) in [5.41, 5.74) is 2.05. The number of rotatable bonds is 2. The lowest BCUT2D eigenvalue weighted by molar-refractivity contribution is -0.878. The maximum Gasteiger partial charge on any atom is 0.0838 e. The highest BCUT2D eigenvalue weighted by Crippen LogP contribution is 2.69. The molecule has 0 aromatic carbocycles. The second kappa shape index (κ2) is 3.10. The maximum atomic E-state index is 2.58. The second-order valence-electron chi connectivity index (χ2n) is 9.58. The molecule has 0 radical (unpaired) electrons. The van der Waals surface area contributed by atoms with Crippen LogP contribution in [-0.2, 0) is 0 Å². The number of nitrogens with zero attached hydrogens (tertiary/aromatic N) is 1. The fourth-order valence-corrected chi connectivity index (χ4v) is 6.87. The Morgan fingerprint density at radius 1 is 0.882 bits per heavy atom. The van der Waals surface area contributed by atoms with E-state index in [0.29, 0.717) is 16.2 Å². The third kappa shape index (κ3) is 2.05. The van der Waals surface area contributed by atoms with Gasteiger partial charge in [0.25, 0.3) is 0 Å². The van der Waals surface area contributed by atoms with Crippen LogP contribution >= 0.6 is 0 Å². The van der Waals surface area contributed by atoms with E-state index in [4.69, 9.17) is 0 Å². The van der Waals surface area contributed by atoms with Gasteiger partial charge < -0.3 is 4.48 Å². The smallest absolute Gasteiger partial charge is 0.0838 e.